The summed E-state index contributed by atoms with van der Waals surface area (Å²) < 4.78 is 0. The van der Waals surface area contributed by atoms with Crippen LogP contribution in [-0.4, -0.2) is 4.89 Å². The van der Waals surface area contributed by atoms with Crippen molar-refractivity contribution in [2.45, 2.75) is 41.5 Å². The summed E-state index contributed by atoms with van der Waals surface area (Å²) >= 11 is 0. The van der Waals surface area contributed by atoms with Crippen LogP contribution in [0.25, 0.3) is 0 Å². The molecule has 0 fully saturated rings. The number of rotatable bonds is 2. The van der Waals surface area contributed by atoms with E-state index < -0.39 is 8.15 Å². The second-order valence-electron chi connectivity index (χ2n) is 5.61. The first-order valence-corrected chi connectivity index (χ1v) is 8.26. The number of hydrogen-bond donors (Lipinski definition) is 1. The van der Waals surface area contributed by atoms with Gasteiger partial charge in [-0.2, -0.15) is 0 Å². The first kappa shape index (κ1) is 15.2. The monoisotopic (exact) mass is 286 g/mol. The summed E-state index contributed by atoms with van der Waals surface area (Å²) in [5.74, 6) is 0. The summed E-state index contributed by atoms with van der Waals surface area (Å²) in [6.07, 6.45) is 0. The van der Waals surface area contributed by atoms with Gasteiger partial charge in [-0.25, -0.2) is 0 Å². The van der Waals surface area contributed by atoms with Crippen LogP contribution in [0.4, 0.5) is 0 Å². The maximum Gasteiger partial charge on any atom is 0.0882 e. The van der Waals surface area contributed by atoms with Crippen LogP contribution in [0.15, 0.2) is 24.3 Å². The molecule has 106 valence electrons. The first-order chi connectivity index (χ1) is 9.34. The highest BCUT2D eigenvalue weighted by Gasteiger charge is 2.18. The van der Waals surface area contributed by atoms with Gasteiger partial charge in [0.2, 0.25) is 0 Å². The Hall–Kier alpha value is -1.17. The second kappa shape index (κ2) is 5.68. The van der Waals surface area contributed by atoms with Crippen molar-refractivity contribution >= 4 is 18.8 Å². The molecule has 0 spiro atoms. The summed E-state index contributed by atoms with van der Waals surface area (Å²) in [4.78, 5) is 10.8. The lowest BCUT2D eigenvalue weighted by molar-refractivity contribution is 0.644. The molecule has 0 saturated carbocycles. The standard InChI is InChI=1S/C18H23OP/c1-11-7-9-17(15(5)13(11)3)20(19)18-10-8-12(2)14(4)16(18)6/h7-10,19H,1-6H3. The van der Waals surface area contributed by atoms with Gasteiger partial charge in [-0.3, -0.25) is 0 Å². The second-order valence-corrected chi connectivity index (χ2v) is 7.20. The minimum absolute atomic E-state index is 1.08. The molecule has 0 aromatic heterocycles. The molecule has 0 unspecified atom stereocenters. The highest BCUT2D eigenvalue weighted by molar-refractivity contribution is 7.67. The highest BCUT2D eigenvalue weighted by atomic mass is 31.1. The Balaban J connectivity index is 2.55. The largest absolute Gasteiger partial charge is 0.364 e. The molecule has 1 nitrogen and oxygen atoms in total. The maximum atomic E-state index is 10.8. The number of hydrogen-bond acceptors (Lipinski definition) is 1. The van der Waals surface area contributed by atoms with Gasteiger partial charge in [0.15, 0.2) is 0 Å². The van der Waals surface area contributed by atoms with E-state index in [9.17, 15) is 4.89 Å². The van der Waals surface area contributed by atoms with Gasteiger partial charge in [-0.15, -0.1) is 0 Å². The molecule has 0 atom stereocenters. The van der Waals surface area contributed by atoms with E-state index in [2.05, 4.69) is 65.8 Å². The van der Waals surface area contributed by atoms with Crippen molar-refractivity contribution in [1.29, 1.82) is 0 Å². The van der Waals surface area contributed by atoms with Gasteiger partial charge in [0.1, 0.15) is 0 Å². The third-order valence-electron chi connectivity index (χ3n) is 4.52. The van der Waals surface area contributed by atoms with Crippen molar-refractivity contribution in [3.8, 4) is 0 Å². The minimum atomic E-state index is -1.27. The van der Waals surface area contributed by atoms with Crippen molar-refractivity contribution in [2.24, 2.45) is 0 Å². The van der Waals surface area contributed by atoms with Crippen LogP contribution in [0, 0.1) is 41.5 Å². The van der Waals surface area contributed by atoms with Crippen LogP contribution in [0.1, 0.15) is 33.4 Å². The van der Waals surface area contributed by atoms with E-state index in [-0.39, 0.29) is 0 Å². The fourth-order valence-corrected chi connectivity index (χ4v) is 4.13. The predicted molar refractivity (Wildman–Crippen MR) is 89.7 cm³/mol. The Labute approximate surface area is 123 Å². The summed E-state index contributed by atoms with van der Waals surface area (Å²) in [5.41, 5.74) is 7.57. The van der Waals surface area contributed by atoms with Crippen LogP contribution < -0.4 is 10.6 Å². The molecule has 0 amide bonds. The van der Waals surface area contributed by atoms with E-state index in [0.29, 0.717) is 0 Å². The van der Waals surface area contributed by atoms with Gasteiger partial charge in [0.05, 0.1) is 8.15 Å². The SMILES string of the molecule is Cc1ccc(P(O)c2ccc(C)c(C)c2C)c(C)c1C. The Morgan fingerprint density at radius 3 is 1.30 bits per heavy atom. The van der Waals surface area contributed by atoms with E-state index in [1.807, 2.05) is 0 Å². The molecule has 0 radical (unpaired) electrons. The normalized spacial score (nSPS) is 11.2. The van der Waals surface area contributed by atoms with Gasteiger partial charge in [-0.05, 0) is 74.9 Å². The van der Waals surface area contributed by atoms with Gasteiger partial charge in [0.25, 0.3) is 0 Å². The zero-order chi connectivity index (χ0) is 15.0. The molecule has 0 saturated heterocycles. The van der Waals surface area contributed by atoms with Crippen molar-refractivity contribution < 1.29 is 4.89 Å². The molecule has 0 heterocycles. The predicted octanol–water partition coefficient (Wildman–Crippen LogP) is 3.88. The van der Waals surface area contributed by atoms with Crippen LogP contribution in [0.2, 0.25) is 0 Å². The Morgan fingerprint density at radius 1 is 0.600 bits per heavy atom. The minimum Gasteiger partial charge on any atom is -0.364 e. The zero-order valence-corrected chi connectivity index (χ0v) is 14.1. The topological polar surface area (TPSA) is 20.2 Å². The van der Waals surface area contributed by atoms with Crippen molar-refractivity contribution in [1.82, 2.24) is 0 Å². The lowest BCUT2D eigenvalue weighted by Crippen LogP contribution is -2.18. The lowest BCUT2D eigenvalue weighted by Gasteiger charge is -2.20. The number of aryl methyl sites for hydroxylation is 2. The summed E-state index contributed by atoms with van der Waals surface area (Å²) in [5, 5.41) is 2.16. The quantitative estimate of drug-likeness (QED) is 0.831. The van der Waals surface area contributed by atoms with Crippen LogP contribution in [-0.2, 0) is 0 Å². The summed E-state index contributed by atoms with van der Waals surface area (Å²) in [6, 6.07) is 8.38. The van der Waals surface area contributed by atoms with Crippen molar-refractivity contribution in [2.75, 3.05) is 0 Å². The first-order valence-electron chi connectivity index (χ1n) is 6.97. The van der Waals surface area contributed by atoms with Crippen molar-refractivity contribution in [3.05, 3.63) is 57.6 Å². The Bertz CT molecular complexity index is 601. The third-order valence-corrected chi connectivity index (χ3v) is 6.40. The third kappa shape index (κ3) is 2.53. The smallest absolute Gasteiger partial charge is 0.0882 e. The highest BCUT2D eigenvalue weighted by Crippen LogP contribution is 2.33. The maximum absolute atomic E-state index is 10.8. The fraction of sp³-hybridized carbons (Fsp3) is 0.333. The Morgan fingerprint density at radius 2 is 0.950 bits per heavy atom. The van der Waals surface area contributed by atoms with Gasteiger partial charge in [-0.1, -0.05) is 24.3 Å². The molecule has 2 aromatic rings. The Kier molecular flexibility index (Phi) is 4.32. The van der Waals surface area contributed by atoms with Crippen LogP contribution in [0.5, 0.6) is 0 Å². The van der Waals surface area contributed by atoms with E-state index in [0.717, 1.165) is 10.6 Å². The van der Waals surface area contributed by atoms with Gasteiger partial charge in [0, 0.05) is 10.6 Å². The van der Waals surface area contributed by atoms with E-state index in [1.54, 1.807) is 0 Å². The van der Waals surface area contributed by atoms with E-state index >= 15 is 0 Å². The van der Waals surface area contributed by atoms with Crippen molar-refractivity contribution in [3.63, 3.8) is 0 Å². The van der Waals surface area contributed by atoms with E-state index in [1.165, 1.54) is 33.4 Å². The molecule has 0 aliphatic heterocycles. The average Bonchev–Trinajstić information content (AvgIpc) is 2.42. The molecule has 0 aliphatic rings. The van der Waals surface area contributed by atoms with Crippen LogP contribution >= 0.6 is 8.15 Å². The van der Waals surface area contributed by atoms with E-state index in [4.69, 9.17) is 0 Å². The molecular formula is C18H23OP. The molecule has 2 heteroatoms. The zero-order valence-electron chi connectivity index (χ0n) is 13.2. The van der Waals surface area contributed by atoms with Crippen LogP contribution in [0.3, 0.4) is 0 Å². The molecule has 1 N–H and O–H groups in total. The molecular weight excluding hydrogens is 263 g/mol. The molecule has 2 rings (SSSR count). The summed E-state index contributed by atoms with van der Waals surface area (Å²) in [6.45, 7) is 12.7. The molecule has 0 bridgehead atoms. The van der Waals surface area contributed by atoms with Gasteiger partial charge < -0.3 is 4.89 Å². The molecule has 20 heavy (non-hydrogen) atoms. The average molecular weight is 286 g/mol. The molecule has 2 aromatic carbocycles. The lowest BCUT2D eigenvalue weighted by atomic mass is 10.0. The molecule has 0 aliphatic carbocycles. The number of benzene rings is 2. The summed E-state index contributed by atoms with van der Waals surface area (Å²) in [7, 11) is -1.27. The fourth-order valence-electron chi connectivity index (χ4n) is 2.47. The van der Waals surface area contributed by atoms with Gasteiger partial charge >= 0.3 is 0 Å².